The first kappa shape index (κ1) is 19.0. The van der Waals surface area contributed by atoms with Gasteiger partial charge in [-0.1, -0.05) is 12.8 Å². The maximum atomic E-state index is 11.7. The predicted molar refractivity (Wildman–Crippen MR) is 96.1 cm³/mol. The quantitative estimate of drug-likeness (QED) is 0.543. The molecule has 0 aromatic heterocycles. The molecule has 1 saturated carbocycles. The van der Waals surface area contributed by atoms with Gasteiger partial charge >= 0.3 is 0 Å². The summed E-state index contributed by atoms with van der Waals surface area (Å²) >= 11 is 0. The maximum absolute atomic E-state index is 11.7. The Morgan fingerprint density at radius 3 is 2.38 bits per heavy atom. The Kier molecular flexibility index (Phi) is 6.86. The third kappa shape index (κ3) is 5.34. The minimum Gasteiger partial charge on any atom is -0.388 e. The normalized spacial score (nSPS) is 21.8. The summed E-state index contributed by atoms with van der Waals surface area (Å²) in [5, 5.41) is 13.8. The summed E-state index contributed by atoms with van der Waals surface area (Å²) in [4.78, 5) is 22.3. The highest BCUT2D eigenvalue weighted by Gasteiger charge is 2.31. The largest absolute Gasteiger partial charge is 0.388 e. The summed E-state index contributed by atoms with van der Waals surface area (Å²) < 4.78 is 0. The van der Waals surface area contributed by atoms with E-state index in [0.717, 1.165) is 64.4 Å². The zero-order valence-electron chi connectivity index (χ0n) is 15.4. The van der Waals surface area contributed by atoms with Gasteiger partial charge in [0.05, 0.1) is 5.60 Å². The van der Waals surface area contributed by atoms with E-state index < -0.39 is 5.60 Å². The van der Waals surface area contributed by atoms with Crippen LogP contribution >= 0.6 is 0 Å². The molecule has 1 aliphatic heterocycles. The number of rotatable bonds is 5. The van der Waals surface area contributed by atoms with E-state index in [-0.39, 0.29) is 5.91 Å². The zero-order chi connectivity index (χ0) is 17.6. The molecule has 0 bridgehead atoms. The van der Waals surface area contributed by atoms with Crippen LogP contribution in [-0.4, -0.2) is 97.7 Å². The second-order valence-electron chi connectivity index (χ2n) is 7.20. The van der Waals surface area contributed by atoms with Gasteiger partial charge in [-0.2, -0.15) is 0 Å². The zero-order valence-corrected chi connectivity index (χ0v) is 15.4. The summed E-state index contributed by atoms with van der Waals surface area (Å²) in [6.45, 7) is 5.06. The highest BCUT2D eigenvalue weighted by molar-refractivity contribution is 5.80. The van der Waals surface area contributed by atoms with Crippen LogP contribution in [0.15, 0.2) is 4.99 Å². The first-order valence-corrected chi connectivity index (χ1v) is 9.04. The van der Waals surface area contributed by atoms with Crippen LogP contribution in [-0.2, 0) is 4.79 Å². The van der Waals surface area contributed by atoms with Crippen molar-refractivity contribution in [1.29, 1.82) is 0 Å². The van der Waals surface area contributed by atoms with Crippen molar-refractivity contribution in [2.24, 2.45) is 4.99 Å². The Bertz CT molecular complexity index is 438. The molecule has 1 saturated heterocycles. The average Bonchev–Trinajstić information content (AvgIpc) is 3.01. The lowest BCUT2D eigenvalue weighted by molar-refractivity contribution is -0.129. The number of amides is 1. The molecule has 2 rings (SSSR count). The highest BCUT2D eigenvalue weighted by Crippen LogP contribution is 2.28. The Morgan fingerprint density at radius 1 is 1.21 bits per heavy atom. The second kappa shape index (κ2) is 8.67. The molecule has 1 amide bonds. The smallest absolute Gasteiger partial charge is 0.223 e. The van der Waals surface area contributed by atoms with Gasteiger partial charge in [-0.3, -0.25) is 14.7 Å². The number of aliphatic hydroxyl groups is 1. The first-order chi connectivity index (χ1) is 11.4. The summed E-state index contributed by atoms with van der Waals surface area (Å²) in [5.74, 6) is 1.05. The number of guanidine groups is 1. The highest BCUT2D eigenvalue weighted by atomic mass is 16.3. The van der Waals surface area contributed by atoms with Gasteiger partial charge in [0, 0.05) is 66.8 Å². The van der Waals surface area contributed by atoms with Crippen molar-refractivity contribution in [3.63, 3.8) is 0 Å². The van der Waals surface area contributed by atoms with Crippen LogP contribution in [0, 0.1) is 0 Å². The Labute approximate surface area is 145 Å². The molecular formula is C17H33N5O2. The first-order valence-electron chi connectivity index (χ1n) is 9.04. The molecule has 0 unspecified atom stereocenters. The van der Waals surface area contributed by atoms with Gasteiger partial charge in [0.2, 0.25) is 5.91 Å². The van der Waals surface area contributed by atoms with Crippen LogP contribution in [0.25, 0.3) is 0 Å². The van der Waals surface area contributed by atoms with E-state index in [2.05, 4.69) is 20.1 Å². The molecule has 0 spiro atoms. The van der Waals surface area contributed by atoms with Crippen molar-refractivity contribution < 1.29 is 9.90 Å². The van der Waals surface area contributed by atoms with Crippen molar-refractivity contribution in [3.8, 4) is 0 Å². The molecule has 2 aliphatic rings. The minimum absolute atomic E-state index is 0.180. The van der Waals surface area contributed by atoms with Gasteiger partial charge < -0.3 is 20.2 Å². The van der Waals surface area contributed by atoms with Crippen LogP contribution in [0.5, 0.6) is 0 Å². The molecule has 2 fully saturated rings. The van der Waals surface area contributed by atoms with Gasteiger partial charge in [0.1, 0.15) is 0 Å². The number of aliphatic imine (C=N–C) groups is 1. The molecule has 0 atom stereocenters. The average molecular weight is 339 g/mol. The lowest BCUT2D eigenvalue weighted by Crippen LogP contribution is -2.54. The lowest BCUT2D eigenvalue weighted by Gasteiger charge is -2.37. The molecule has 7 nitrogen and oxygen atoms in total. The van der Waals surface area contributed by atoms with Crippen molar-refractivity contribution in [2.75, 3.05) is 60.4 Å². The molecule has 0 aromatic rings. The van der Waals surface area contributed by atoms with E-state index in [9.17, 15) is 9.90 Å². The van der Waals surface area contributed by atoms with E-state index in [1.165, 1.54) is 0 Å². The maximum Gasteiger partial charge on any atom is 0.223 e. The van der Waals surface area contributed by atoms with E-state index in [4.69, 9.17) is 0 Å². The topological polar surface area (TPSA) is 71.4 Å². The predicted octanol–water partition coefficient (Wildman–Crippen LogP) is -0.0372. The Hall–Kier alpha value is -1.34. The molecule has 24 heavy (non-hydrogen) atoms. The monoisotopic (exact) mass is 339 g/mol. The molecule has 138 valence electrons. The fraction of sp³-hybridized carbons (Fsp3) is 0.882. The van der Waals surface area contributed by atoms with Gasteiger partial charge in [-0.05, 0) is 12.8 Å². The van der Waals surface area contributed by atoms with E-state index >= 15 is 0 Å². The summed E-state index contributed by atoms with van der Waals surface area (Å²) in [6, 6.07) is 0. The fourth-order valence-electron chi connectivity index (χ4n) is 3.45. The number of hydrogen-bond acceptors (Lipinski definition) is 4. The number of carbonyl (C=O) groups excluding carboxylic acids is 1. The SMILES string of the molecule is CN=C(NCC1(O)CCCC1)N1CCN(CCC(=O)N(C)C)CC1. The van der Waals surface area contributed by atoms with Crippen molar-refractivity contribution in [1.82, 2.24) is 20.0 Å². The van der Waals surface area contributed by atoms with Crippen LogP contribution in [0.1, 0.15) is 32.1 Å². The van der Waals surface area contributed by atoms with Crippen LogP contribution in [0.2, 0.25) is 0 Å². The number of nitrogens with zero attached hydrogens (tertiary/aromatic N) is 4. The number of carbonyl (C=O) groups is 1. The number of nitrogens with one attached hydrogen (secondary N) is 1. The van der Waals surface area contributed by atoms with Gasteiger partial charge in [-0.15, -0.1) is 0 Å². The van der Waals surface area contributed by atoms with Crippen molar-refractivity contribution in [3.05, 3.63) is 0 Å². The third-order valence-corrected chi connectivity index (χ3v) is 5.13. The molecule has 0 aromatic carbocycles. The molecular weight excluding hydrogens is 306 g/mol. The van der Waals surface area contributed by atoms with E-state index in [1.807, 2.05) is 0 Å². The summed E-state index contributed by atoms with van der Waals surface area (Å²) in [5.41, 5.74) is -0.565. The fourth-order valence-corrected chi connectivity index (χ4v) is 3.45. The van der Waals surface area contributed by atoms with Gasteiger partial charge in [0.15, 0.2) is 5.96 Å². The summed E-state index contributed by atoms with van der Waals surface area (Å²) in [7, 11) is 5.39. The molecule has 1 heterocycles. The van der Waals surface area contributed by atoms with E-state index in [0.29, 0.717) is 13.0 Å². The van der Waals surface area contributed by atoms with Crippen LogP contribution in [0.4, 0.5) is 0 Å². The molecule has 0 radical (unpaired) electrons. The molecule has 1 aliphatic carbocycles. The molecule has 2 N–H and O–H groups in total. The van der Waals surface area contributed by atoms with Gasteiger partial charge in [0.25, 0.3) is 0 Å². The second-order valence-corrected chi connectivity index (χ2v) is 7.20. The Morgan fingerprint density at radius 2 is 1.83 bits per heavy atom. The molecule has 7 heteroatoms. The van der Waals surface area contributed by atoms with E-state index in [1.54, 1.807) is 26.0 Å². The van der Waals surface area contributed by atoms with Crippen LogP contribution < -0.4 is 5.32 Å². The standard InChI is InChI=1S/C17H33N5O2/c1-18-16(19-14-17(24)7-4-5-8-17)22-12-10-21(11-13-22)9-6-15(23)20(2)3/h24H,4-14H2,1-3H3,(H,18,19). The summed E-state index contributed by atoms with van der Waals surface area (Å²) in [6.07, 6.45) is 4.56. The van der Waals surface area contributed by atoms with Crippen molar-refractivity contribution >= 4 is 11.9 Å². The Balaban J connectivity index is 1.72. The lowest BCUT2D eigenvalue weighted by atomic mass is 10.0. The van der Waals surface area contributed by atoms with Crippen LogP contribution in [0.3, 0.4) is 0 Å². The van der Waals surface area contributed by atoms with Gasteiger partial charge in [-0.25, -0.2) is 0 Å². The van der Waals surface area contributed by atoms with Crippen molar-refractivity contribution in [2.45, 2.75) is 37.7 Å². The number of piperazine rings is 1. The third-order valence-electron chi connectivity index (χ3n) is 5.13. The number of hydrogen-bond donors (Lipinski definition) is 2. The minimum atomic E-state index is -0.565.